The quantitative estimate of drug-likeness (QED) is 0.401. The first kappa shape index (κ1) is 24.4. The van der Waals surface area contributed by atoms with Crippen molar-refractivity contribution in [2.24, 2.45) is 0 Å². The summed E-state index contributed by atoms with van der Waals surface area (Å²) in [6.07, 6.45) is 0. The smallest absolute Gasteiger partial charge is 1.00 e. The van der Waals surface area contributed by atoms with E-state index in [0.717, 1.165) is 0 Å². The monoisotopic (exact) mass is 138 g/mol. The second-order valence-electron chi connectivity index (χ2n) is 0. The van der Waals surface area contributed by atoms with Crippen molar-refractivity contribution in [2.75, 3.05) is 0 Å². The predicted octanol–water partition coefficient (Wildman–Crippen LogP) is -0.377. The predicted molar refractivity (Wildman–Crippen MR) is 34.0 cm³/mol. The summed E-state index contributed by atoms with van der Waals surface area (Å²) < 4.78 is 0. The van der Waals surface area contributed by atoms with Gasteiger partial charge in [0, 0.05) is 1.43 Å². The van der Waals surface area contributed by atoms with Gasteiger partial charge in [-0.2, -0.15) is 0 Å². The van der Waals surface area contributed by atoms with Crippen molar-refractivity contribution >= 4 is 122 Å². The van der Waals surface area contributed by atoms with Crippen LogP contribution in [0.4, 0.5) is 0 Å². The maximum absolute atomic E-state index is 0. The molecule has 0 rings (SSSR count). The minimum absolute atomic E-state index is 0. The first-order valence-electron chi connectivity index (χ1n) is 0. The Morgan fingerprint density at radius 1 is 1.00 bits per heavy atom. The van der Waals surface area contributed by atoms with E-state index in [1.807, 2.05) is 0 Å². The molecular formula is H10Ca2Mg2. The van der Waals surface area contributed by atoms with Gasteiger partial charge in [0.2, 0.25) is 0 Å². The number of rotatable bonds is 0. The molecule has 18 valence electrons. The molecule has 0 N–H and O–H groups in total. The van der Waals surface area contributed by atoms with Crippen molar-refractivity contribution in [1.29, 1.82) is 0 Å². The van der Waals surface area contributed by atoms with Crippen LogP contribution in [0.1, 0.15) is 12.8 Å². The van der Waals surface area contributed by atoms with Gasteiger partial charge in [-0.15, -0.1) is 0 Å². The molecule has 0 amide bonds. The molecule has 0 fully saturated rings. The second kappa shape index (κ2) is 15.7. The van der Waals surface area contributed by atoms with Crippen LogP contribution in [0.2, 0.25) is 0 Å². The Balaban J connectivity index is 0. The van der Waals surface area contributed by atoms with E-state index in [-0.39, 0.29) is 134 Å². The summed E-state index contributed by atoms with van der Waals surface area (Å²) in [7, 11) is 0. The molecular weight excluding hydrogens is 129 g/mol. The molecule has 0 unspecified atom stereocenters. The molecule has 0 aromatic carbocycles. The van der Waals surface area contributed by atoms with Crippen molar-refractivity contribution in [3.8, 4) is 0 Å². The van der Waals surface area contributed by atoms with Crippen LogP contribution >= 0.6 is 0 Å². The molecule has 0 saturated heterocycles. The molecule has 0 bridgehead atoms. The van der Waals surface area contributed by atoms with E-state index in [4.69, 9.17) is 0 Å². The van der Waals surface area contributed by atoms with Gasteiger partial charge in [0.1, 0.15) is 0 Å². The molecule has 4 heavy (non-hydrogen) atoms. The Kier molecular flexibility index (Phi) is 95.9. The van der Waals surface area contributed by atoms with Gasteiger partial charge in [0.15, 0.2) is 0 Å². The van der Waals surface area contributed by atoms with Crippen LogP contribution in [0, 0.1) is 0 Å². The topological polar surface area (TPSA) is 0 Å². The van der Waals surface area contributed by atoms with E-state index in [1.165, 1.54) is 0 Å². The summed E-state index contributed by atoms with van der Waals surface area (Å²) in [5.41, 5.74) is 0. The van der Waals surface area contributed by atoms with E-state index >= 15 is 0 Å². The summed E-state index contributed by atoms with van der Waals surface area (Å²) in [4.78, 5) is 0. The summed E-state index contributed by atoms with van der Waals surface area (Å²) >= 11 is 0. The Morgan fingerprint density at radius 2 is 1.00 bits per heavy atom. The fraction of sp³-hybridized carbons (Fsp3) is 0. The first-order chi connectivity index (χ1) is 0. The van der Waals surface area contributed by atoms with Gasteiger partial charge in [-0.1, -0.05) is 0 Å². The Bertz CT molecular complexity index is 15.6. The summed E-state index contributed by atoms with van der Waals surface area (Å²) in [6.45, 7) is 0. The average molecular weight is 139 g/mol. The fourth-order valence-corrected chi connectivity index (χ4v) is 0. The zero-order valence-electron chi connectivity index (χ0n) is 10.8. The molecule has 0 spiro atoms. The molecule has 0 aromatic rings. The molecule has 0 aliphatic heterocycles. The first-order valence-corrected chi connectivity index (χ1v) is 0. The molecule has 0 saturated carbocycles. The van der Waals surface area contributed by atoms with Crippen LogP contribution in [0.15, 0.2) is 0 Å². The van der Waals surface area contributed by atoms with Gasteiger partial charge < -0.3 is 11.4 Å². The Morgan fingerprint density at radius 3 is 1.00 bits per heavy atom. The van der Waals surface area contributed by atoms with E-state index in [1.54, 1.807) is 0 Å². The maximum atomic E-state index is 0. The SMILES string of the molecule is [Ca+2].[Ca+2].[H-].[H-].[H-].[H-].[H-].[H-].[H-].[H-].[HH].[Mg+2].[Mg+2]. The number of hydrogen-bond acceptors (Lipinski definition) is 0. The minimum Gasteiger partial charge on any atom is -1.00 e. The summed E-state index contributed by atoms with van der Waals surface area (Å²) in [5.74, 6) is 0. The molecule has 0 radical (unpaired) electrons. The molecule has 0 aliphatic rings. The Hall–Kier alpha value is 4.05. The molecule has 0 aromatic heterocycles. The molecule has 0 atom stereocenters. The molecule has 0 aliphatic carbocycles. The van der Waals surface area contributed by atoms with Gasteiger partial charge in [0.25, 0.3) is 0 Å². The normalized spacial score (nSPS) is 0. The van der Waals surface area contributed by atoms with Crippen molar-refractivity contribution < 1.29 is 12.8 Å². The maximum Gasteiger partial charge on any atom is 2.00 e. The summed E-state index contributed by atoms with van der Waals surface area (Å²) in [6, 6.07) is 0. The van der Waals surface area contributed by atoms with Crippen molar-refractivity contribution in [1.82, 2.24) is 0 Å². The van der Waals surface area contributed by atoms with E-state index < -0.39 is 0 Å². The zero-order chi connectivity index (χ0) is 0. The third kappa shape index (κ3) is 9.41. The van der Waals surface area contributed by atoms with Crippen LogP contribution in [0.5, 0.6) is 0 Å². The van der Waals surface area contributed by atoms with Crippen LogP contribution < -0.4 is 0 Å². The van der Waals surface area contributed by atoms with Crippen LogP contribution in [0.3, 0.4) is 0 Å². The van der Waals surface area contributed by atoms with Crippen LogP contribution in [0.25, 0.3) is 0 Å². The van der Waals surface area contributed by atoms with Crippen LogP contribution in [-0.4, -0.2) is 122 Å². The number of hydrogen-bond donors (Lipinski definition) is 0. The van der Waals surface area contributed by atoms with Crippen LogP contribution in [-0.2, 0) is 0 Å². The fourth-order valence-electron chi connectivity index (χ4n) is 0. The standard InChI is InChI=1S/2Ca.2Mg.H2.8H/h;;;;1H;;;;;;;;/q4*+2;;8*-1. The minimum atomic E-state index is 0. The van der Waals surface area contributed by atoms with Crippen molar-refractivity contribution in [2.45, 2.75) is 0 Å². The van der Waals surface area contributed by atoms with E-state index in [9.17, 15) is 0 Å². The Labute approximate surface area is 132 Å². The van der Waals surface area contributed by atoms with Gasteiger partial charge >= 0.3 is 122 Å². The average Bonchev–Trinajstić information content (AvgIpc) is 0. The van der Waals surface area contributed by atoms with E-state index in [0.29, 0.717) is 0 Å². The van der Waals surface area contributed by atoms with E-state index in [2.05, 4.69) is 0 Å². The molecule has 0 nitrogen and oxygen atoms in total. The summed E-state index contributed by atoms with van der Waals surface area (Å²) in [5, 5.41) is 0. The third-order valence-electron chi connectivity index (χ3n) is 0. The van der Waals surface area contributed by atoms with Crippen molar-refractivity contribution in [3.05, 3.63) is 0 Å². The molecule has 4 heteroatoms. The zero-order valence-corrected chi connectivity index (χ0v) is 10.1. The molecule has 0 heterocycles. The van der Waals surface area contributed by atoms with Crippen molar-refractivity contribution in [3.63, 3.8) is 0 Å². The largest absolute Gasteiger partial charge is 2.00 e. The van der Waals surface area contributed by atoms with Gasteiger partial charge in [-0.25, -0.2) is 0 Å². The van der Waals surface area contributed by atoms with Gasteiger partial charge in [0.05, 0.1) is 0 Å². The van der Waals surface area contributed by atoms with Gasteiger partial charge in [-0.05, 0) is 0 Å². The van der Waals surface area contributed by atoms with Gasteiger partial charge in [-0.3, -0.25) is 0 Å². The second-order valence-corrected chi connectivity index (χ2v) is 0. The third-order valence-corrected chi connectivity index (χ3v) is 0.